The Labute approximate surface area is 231 Å². The van der Waals surface area contributed by atoms with Crippen LogP contribution in [0, 0.1) is 5.92 Å². The fourth-order valence-electron chi connectivity index (χ4n) is 5.64. The van der Waals surface area contributed by atoms with Crippen molar-refractivity contribution in [3.8, 4) is 0 Å². The van der Waals surface area contributed by atoms with Gasteiger partial charge in [0, 0.05) is 44.3 Å². The quantitative estimate of drug-likeness (QED) is 0.265. The summed E-state index contributed by atoms with van der Waals surface area (Å²) >= 11 is 0. The molecule has 2 amide bonds. The maximum absolute atomic E-state index is 13.4. The van der Waals surface area contributed by atoms with E-state index >= 15 is 0 Å². The molecule has 39 heavy (non-hydrogen) atoms. The van der Waals surface area contributed by atoms with E-state index in [1.165, 1.54) is 0 Å². The fourth-order valence-corrected chi connectivity index (χ4v) is 5.64. The van der Waals surface area contributed by atoms with E-state index in [1.54, 1.807) is 0 Å². The summed E-state index contributed by atoms with van der Waals surface area (Å²) in [4.78, 5) is 28.4. The summed E-state index contributed by atoms with van der Waals surface area (Å²) in [7, 11) is 0. The number of benzene rings is 4. The number of hydrogen-bond donors (Lipinski definition) is 1. The molecule has 1 aliphatic heterocycles. The minimum atomic E-state index is 0.0157. The van der Waals surface area contributed by atoms with Crippen molar-refractivity contribution in [2.45, 2.75) is 31.1 Å². The van der Waals surface area contributed by atoms with E-state index in [1.807, 2.05) is 77.7 Å². The molecule has 0 saturated carbocycles. The molecule has 1 fully saturated rings. The molecule has 0 aromatic heterocycles. The van der Waals surface area contributed by atoms with Gasteiger partial charge in [-0.15, -0.1) is 0 Å². The summed E-state index contributed by atoms with van der Waals surface area (Å²) in [6, 6.07) is 41.0. The van der Waals surface area contributed by atoms with Crippen LogP contribution in [-0.2, 0) is 9.59 Å². The minimum Gasteiger partial charge on any atom is -0.356 e. The number of amides is 2. The van der Waals surface area contributed by atoms with Crippen molar-refractivity contribution in [2.75, 3.05) is 19.6 Å². The molecular formula is C35H36N2O2. The molecule has 5 rings (SSSR count). The summed E-state index contributed by atoms with van der Waals surface area (Å²) < 4.78 is 0. The second kappa shape index (κ2) is 13.1. The number of nitrogens with one attached hydrogen (secondary N) is 1. The fraction of sp³-hybridized carbons (Fsp3) is 0.257. The van der Waals surface area contributed by atoms with Gasteiger partial charge >= 0.3 is 0 Å². The Morgan fingerprint density at radius 1 is 0.641 bits per heavy atom. The Hall–Kier alpha value is -4.18. The third-order valence-electron chi connectivity index (χ3n) is 7.80. The monoisotopic (exact) mass is 516 g/mol. The molecule has 0 bridgehead atoms. The Morgan fingerprint density at radius 2 is 1.05 bits per heavy atom. The zero-order valence-electron chi connectivity index (χ0n) is 22.3. The molecule has 4 aromatic carbocycles. The van der Waals surface area contributed by atoms with Crippen LogP contribution in [0.4, 0.5) is 0 Å². The molecule has 4 aromatic rings. The van der Waals surface area contributed by atoms with Gasteiger partial charge in [0.15, 0.2) is 0 Å². The number of hydrogen-bond acceptors (Lipinski definition) is 2. The SMILES string of the molecule is O=C(CC(c1ccccc1)c1ccccc1)NCC1CCN(C(=O)CC(c2ccccc2)c2ccccc2)C1. The lowest BCUT2D eigenvalue weighted by molar-refractivity contribution is -0.130. The zero-order chi connectivity index (χ0) is 26.9. The summed E-state index contributed by atoms with van der Waals surface area (Å²) in [6.07, 6.45) is 1.76. The average Bonchev–Trinajstić information content (AvgIpc) is 3.49. The van der Waals surface area contributed by atoms with Gasteiger partial charge in [0.25, 0.3) is 0 Å². The summed E-state index contributed by atoms with van der Waals surface area (Å²) in [6.45, 7) is 2.03. The predicted octanol–water partition coefficient (Wildman–Crippen LogP) is 6.40. The van der Waals surface area contributed by atoms with E-state index in [4.69, 9.17) is 0 Å². The first-order valence-electron chi connectivity index (χ1n) is 13.9. The van der Waals surface area contributed by atoms with Gasteiger partial charge in [0.2, 0.25) is 11.8 Å². The van der Waals surface area contributed by atoms with Crippen LogP contribution >= 0.6 is 0 Å². The molecule has 1 aliphatic rings. The number of rotatable bonds is 10. The number of carbonyl (C=O) groups excluding carboxylic acids is 2. The molecule has 1 heterocycles. The normalized spacial score (nSPS) is 15.0. The predicted molar refractivity (Wildman–Crippen MR) is 156 cm³/mol. The molecule has 1 saturated heterocycles. The van der Waals surface area contributed by atoms with Crippen molar-refractivity contribution in [3.05, 3.63) is 144 Å². The lowest BCUT2D eigenvalue weighted by Crippen LogP contribution is -2.34. The highest BCUT2D eigenvalue weighted by Crippen LogP contribution is 2.30. The van der Waals surface area contributed by atoms with E-state index in [-0.39, 0.29) is 29.6 Å². The number of nitrogens with zero attached hydrogens (tertiary/aromatic N) is 1. The van der Waals surface area contributed by atoms with Crippen LogP contribution in [0.2, 0.25) is 0 Å². The van der Waals surface area contributed by atoms with Gasteiger partial charge in [0.1, 0.15) is 0 Å². The van der Waals surface area contributed by atoms with Crippen molar-refractivity contribution >= 4 is 11.8 Å². The topological polar surface area (TPSA) is 49.4 Å². The van der Waals surface area contributed by atoms with Gasteiger partial charge in [-0.2, -0.15) is 0 Å². The van der Waals surface area contributed by atoms with Gasteiger partial charge in [-0.25, -0.2) is 0 Å². The Kier molecular flexibility index (Phi) is 8.85. The van der Waals surface area contributed by atoms with Crippen molar-refractivity contribution in [1.82, 2.24) is 10.2 Å². The average molecular weight is 517 g/mol. The Balaban J connectivity index is 1.16. The minimum absolute atomic E-state index is 0.0157. The van der Waals surface area contributed by atoms with Crippen molar-refractivity contribution in [2.24, 2.45) is 5.92 Å². The molecular weight excluding hydrogens is 480 g/mol. The van der Waals surface area contributed by atoms with Gasteiger partial charge in [-0.05, 0) is 34.6 Å². The largest absolute Gasteiger partial charge is 0.356 e. The highest BCUT2D eigenvalue weighted by Gasteiger charge is 2.29. The molecule has 0 aliphatic carbocycles. The maximum atomic E-state index is 13.4. The van der Waals surface area contributed by atoms with E-state index in [0.29, 0.717) is 25.9 Å². The first-order valence-corrected chi connectivity index (χ1v) is 13.9. The van der Waals surface area contributed by atoms with Crippen LogP contribution in [0.15, 0.2) is 121 Å². The first kappa shape index (κ1) is 26.4. The van der Waals surface area contributed by atoms with Crippen LogP contribution in [0.3, 0.4) is 0 Å². The van der Waals surface area contributed by atoms with Crippen molar-refractivity contribution in [3.63, 3.8) is 0 Å². The molecule has 0 spiro atoms. The molecule has 1 N–H and O–H groups in total. The standard InChI is InChI=1S/C35H36N2O2/c38-34(23-32(28-13-5-1-6-14-28)29-15-7-2-8-16-29)36-25-27-21-22-37(26-27)35(39)24-33(30-17-9-3-10-18-30)31-19-11-4-12-20-31/h1-20,27,32-33H,21-26H2,(H,36,38). The van der Waals surface area contributed by atoms with Crippen LogP contribution in [0.25, 0.3) is 0 Å². The van der Waals surface area contributed by atoms with E-state index < -0.39 is 0 Å². The maximum Gasteiger partial charge on any atom is 0.223 e. The second-order valence-electron chi connectivity index (χ2n) is 10.5. The van der Waals surface area contributed by atoms with E-state index in [0.717, 1.165) is 35.2 Å². The lowest BCUT2D eigenvalue weighted by atomic mass is 9.88. The first-order chi connectivity index (χ1) is 19.2. The van der Waals surface area contributed by atoms with Crippen molar-refractivity contribution in [1.29, 1.82) is 0 Å². The third-order valence-corrected chi connectivity index (χ3v) is 7.80. The van der Waals surface area contributed by atoms with Gasteiger partial charge < -0.3 is 10.2 Å². The smallest absolute Gasteiger partial charge is 0.223 e. The van der Waals surface area contributed by atoms with Crippen LogP contribution < -0.4 is 5.32 Å². The number of carbonyl (C=O) groups is 2. The van der Waals surface area contributed by atoms with Crippen molar-refractivity contribution < 1.29 is 9.59 Å². The molecule has 1 atom stereocenters. The third kappa shape index (κ3) is 7.02. The van der Waals surface area contributed by atoms with Crippen LogP contribution in [0.1, 0.15) is 53.4 Å². The summed E-state index contributed by atoms with van der Waals surface area (Å²) in [5.74, 6) is 0.547. The number of likely N-dealkylation sites (tertiary alicyclic amines) is 1. The highest BCUT2D eigenvalue weighted by molar-refractivity contribution is 5.79. The Bertz CT molecular complexity index is 1250. The van der Waals surface area contributed by atoms with Crippen LogP contribution in [-0.4, -0.2) is 36.3 Å². The van der Waals surface area contributed by atoms with E-state index in [2.05, 4.69) is 53.8 Å². The summed E-state index contributed by atoms with van der Waals surface area (Å²) in [5, 5.41) is 3.17. The van der Waals surface area contributed by atoms with Gasteiger partial charge in [-0.3, -0.25) is 9.59 Å². The van der Waals surface area contributed by atoms with Gasteiger partial charge in [-0.1, -0.05) is 121 Å². The van der Waals surface area contributed by atoms with Crippen LogP contribution in [0.5, 0.6) is 0 Å². The van der Waals surface area contributed by atoms with E-state index in [9.17, 15) is 9.59 Å². The molecule has 1 unspecified atom stereocenters. The van der Waals surface area contributed by atoms with Gasteiger partial charge in [0.05, 0.1) is 0 Å². The highest BCUT2D eigenvalue weighted by atomic mass is 16.2. The summed E-state index contributed by atoms with van der Waals surface area (Å²) in [5.41, 5.74) is 4.60. The molecule has 0 radical (unpaired) electrons. The Morgan fingerprint density at radius 3 is 1.49 bits per heavy atom. The lowest BCUT2D eigenvalue weighted by Gasteiger charge is -2.22. The molecule has 4 nitrogen and oxygen atoms in total. The second-order valence-corrected chi connectivity index (χ2v) is 10.5. The zero-order valence-corrected chi connectivity index (χ0v) is 22.3. The molecule has 4 heteroatoms. The molecule has 198 valence electrons.